The molecule has 0 saturated carbocycles. The Balaban J connectivity index is 1.33. The van der Waals surface area contributed by atoms with E-state index in [9.17, 15) is 18.0 Å². The summed E-state index contributed by atoms with van der Waals surface area (Å²) in [5, 5.41) is 10.6. The Kier molecular flexibility index (Phi) is 6.40. The highest BCUT2D eigenvalue weighted by molar-refractivity contribution is 7.89. The topological polar surface area (TPSA) is 108 Å². The molecular weight excluding hydrogens is 442 g/mol. The number of nitrogens with zero attached hydrogens (tertiary/aromatic N) is 3. The average Bonchev–Trinajstić information content (AvgIpc) is 2.86. The maximum absolute atomic E-state index is 13.1. The molecule has 1 amide bonds. The fraction of sp³-hybridized carbons (Fsp3) is 0.208. The average molecular weight is 464 g/mol. The van der Waals surface area contributed by atoms with Crippen LogP contribution in [0, 0.1) is 11.3 Å². The van der Waals surface area contributed by atoms with Crippen molar-refractivity contribution >= 4 is 32.7 Å². The molecule has 3 aromatic rings. The lowest BCUT2D eigenvalue weighted by atomic mass is 10.1. The van der Waals surface area contributed by atoms with Gasteiger partial charge in [-0.2, -0.15) is 9.57 Å². The predicted molar refractivity (Wildman–Crippen MR) is 121 cm³/mol. The summed E-state index contributed by atoms with van der Waals surface area (Å²) < 4.78 is 32.6. The largest absolute Gasteiger partial charge is 0.452 e. The van der Waals surface area contributed by atoms with Crippen molar-refractivity contribution in [2.75, 3.05) is 32.8 Å². The molecule has 168 valence electrons. The smallest absolute Gasteiger partial charge is 0.338 e. The highest BCUT2D eigenvalue weighted by Crippen LogP contribution is 2.23. The summed E-state index contributed by atoms with van der Waals surface area (Å²) in [7, 11) is -3.68. The van der Waals surface area contributed by atoms with Crippen molar-refractivity contribution in [3.05, 3.63) is 77.9 Å². The molecule has 1 heterocycles. The van der Waals surface area contributed by atoms with Crippen molar-refractivity contribution < 1.29 is 22.7 Å². The van der Waals surface area contributed by atoms with E-state index < -0.39 is 22.6 Å². The van der Waals surface area contributed by atoms with Gasteiger partial charge in [-0.15, -0.1) is 0 Å². The first-order chi connectivity index (χ1) is 15.9. The fourth-order valence-electron chi connectivity index (χ4n) is 3.64. The van der Waals surface area contributed by atoms with Gasteiger partial charge in [-0.3, -0.25) is 4.79 Å². The van der Waals surface area contributed by atoms with Crippen LogP contribution in [-0.2, 0) is 19.6 Å². The van der Waals surface area contributed by atoms with Gasteiger partial charge in [-0.1, -0.05) is 30.3 Å². The Bertz CT molecular complexity index is 1340. The summed E-state index contributed by atoms with van der Waals surface area (Å²) >= 11 is 0. The lowest BCUT2D eigenvalue weighted by Crippen LogP contribution is -2.51. The second-order valence-electron chi connectivity index (χ2n) is 7.56. The van der Waals surface area contributed by atoms with E-state index in [0.717, 1.165) is 10.8 Å². The molecule has 1 saturated heterocycles. The van der Waals surface area contributed by atoms with Crippen LogP contribution in [0.3, 0.4) is 0 Å². The lowest BCUT2D eigenvalue weighted by molar-refractivity contribution is -0.135. The molecule has 9 heteroatoms. The van der Waals surface area contributed by atoms with Crippen molar-refractivity contribution in [1.29, 1.82) is 5.26 Å². The third-order valence-corrected chi connectivity index (χ3v) is 7.42. The standard InChI is InChI=1S/C24H21N3O5S/c25-16-18-5-7-20(8-6-18)24(29)32-17-23(28)26-11-13-27(14-12-26)33(30,31)22-10-9-19-3-1-2-4-21(19)15-22/h1-10,15H,11-14,17H2. The fourth-order valence-corrected chi connectivity index (χ4v) is 5.10. The Morgan fingerprint density at radius 2 is 1.58 bits per heavy atom. The van der Waals surface area contributed by atoms with Crippen molar-refractivity contribution in [2.24, 2.45) is 0 Å². The minimum Gasteiger partial charge on any atom is -0.452 e. The Morgan fingerprint density at radius 3 is 2.24 bits per heavy atom. The van der Waals surface area contributed by atoms with Gasteiger partial charge in [0.2, 0.25) is 10.0 Å². The van der Waals surface area contributed by atoms with Gasteiger partial charge in [0, 0.05) is 26.2 Å². The van der Waals surface area contributed by atoms with Crippen LogP contribution in [-0.4, -0.2) is 62.3 Å². The Labute approximate surface area is 191 Å². The maximum atomic E-state index is 13.1. The molecule has 33 heavy (non-hydrogen) atoms. The highest BCUT2D eigenvalue weighted by atomic mass is 32.2. The van der Waals surface area contributed by atoms with Crippen molar-refractivity contribution in [3.8, 4) is 6.07 Å². The quantitative estimate of drug-likeness (QED) is 0.538. The van der Waals surface area contributed by atoms with E-state index in [-0.39, 0.29) is 42.5 Å². The number of nitriles is 1. The predicted octanol–water partition coefficient (Wildman–Crippen LogP) is 2.40. The van der Waals surface area contributed by atoms with E-state index in [1.54, 1.807) is 18.2 Å². The molecule has 0 radical (unpaired) electrons. The number of piperazine rings is 1. The van der Waals surface area contributed by atoms with Gasteiger partial charge in [-0.25, -0.2) is 13.2 Å². The minimum atomic E-state index is -3.68. The van der Waals surface area contributed by atoms with E-state index in [1.807, 2.05) is 30.3 Å². The SMILES string of the molecule is N#Cc1ccc(C(=O)OCC(=O)N2CCN(S(=O)(=O)c3ccc4ccccc4c3)CC2)cc1. The monoisotopic (exact) mass is 463 g/mol. The first-order valence-electron chi connectivity index (χ1n) is 10.3. The lowest BCUT2D eigenvalue weighted by Gasteiger charge is -2.33. The molecule has 0 bridgehead atoms. The minimum absolute atomic E-state index is 0.157. The zero-order valence-electron chi connectivity index (χ0n) is 17.7. The number of benzene rings is 3. The van der Waals surface area contributed by atoms with Gasteiger partial charge in [0.25, 0.3) is 5.91 Å². The summed E-state index contributed by atoms with van der Waals surface area (Å²) in [5.74, 6) is -1.05. The zero-order chi connectivity index (χ0) is 23.4. The second kappa shape index (κ2) is 9.40. The molecule has 1 fully saturated rings. The van der Waals surface area contributed by atoms with E-state index in [2.05, 4.69) is 0 Å². The molecule has 1 aliphatic rings. The van der Waals surface area contributed by atoms with Crippen molar-refractivity contribution in [1.82, 2.24) is 9.21 Å². The number of sulfonamides is 1. The normalized spacial score (nSPS) is 14.6. The van der Waals surface area contributed by atoms with E-state index in [4.69, 9.17) is 10.00 Å². The number of esters is 1. The molecule has 0 atom stereocenters. The zero-order valence-corrected chi connectivity index (χ0v) is 18.5. The third kappa shape index (κ3) is 4.87. The van der Waals surface area contributed by atoms with Crippen LogP contribution in [0.4, 0.5) is 0 Å². The molecule has 4 rings (SSSR count). The first kappa shape index (κ1) is 22.5. The Morgan fingerprint density at radius 1 is 0.909 bits per heavy atom. The number of hydrogen-bond acceptors (Lipinski definition) is 6. The molecule has 1 aliphatic heterocycles. The van der Waals surface area contributed by atoms with Gasteiger partial charge >= 0.3 is 5.97 Å². The van der Waals surface area contributed by atoms with E-state index in [0.29, 0.717) is 5.56 Å². The van der Waals surface area contributed by atoms with Crippen LogP contribution in [0.1, 0.15) is 15.9 Å². The third-order valence-electron chi connectivity index (χ3n) is 5.53. The van der Waals surface area contributed by atoms with Crippen molar-refractivity contribution in [2.45, 2.75) is 4.90 Å². The number of rotatable bonds is 5. The number of hydrogen-bond donors (Lipinski definition) is 0. The van der Waals surface area contributed by atoms with Crippen LogP contribution in [0.25, 0.3) is 10.8 Å². The molecule has 8 nitrogen and oxygen atoms in total. The molecule has 0 aliphatic carbocycles. The molecule has 0 aromatic heterocycles. The molecule has 3 aromatic carbocycles. The van der Waals surface area contributed by atoms with Gasteiger partial charge in [0.15, 0.2) is 6.61 Å². The van der Waals surface area contributed by atoms with E-state index in [1.165, 1.54) is 33.5 Å². The van der Waals surface area contributed by atoms with Gasteiger partial charge in [0.1, 0.15) is 0 Å². The number of ether oxygens (including phenoxy) is 1. The molecule has 0 spiro atoms. The van der Waals surface area contributed by atoms with Crippen LogP contribution < -0.4 is 0 Å². The molecular formula is C24H21N3O5S. The summed E-state index contributed by atoms with van der Waals surface area (Å²) in [6, 6.07) is 20.4. The van der Waals surface area contributed by atoms with E-state index >= 15 is 0 Å². The van der Waals surface area contributed by atoms with Crippen LogP contribution in [0.15, 0.2) is 71.6 Å². The second-order valence-corrected chi connectivity index (χ2v) is 9.50. The van der Waals surface area contributed by atoms with Crippen molar-refractivity contribution in [3.63, 3.8) is 0 Å². The number of fused-ring (bicyclic) bond motifs is 1. The van der Waals surface area contributed by atoms with Crippen LogP contribution >= 0.6 is 0 Å². The number of amides is 1. The van der Waals surface area contributed by atoms with Gasteiger partial charge < -0.3 is 9.64 Å². The number of carbonyl (C=O) groups is 2. The first-order valence-corrected chi connectivity index (χ1v) is 11.8. The molecule has 0 N–H and O–H groups in total. The molecule has 0 unspecified atom stereocenters. The summed E-state index contributed by atoms with van der Waals surface area (Å²) in [4.78, 5) is 26.3. The summed E-state index contributed by atoms with van der Waals surface area (Å²) in [5.41, 5.74) is 0.659. The summed E-state index contributed by atoms with van der Waals surface area (Å²) in [6.45, 7) is 0.297. The maximum Gasteiger partial charge on any atom is 0.338 e. The van der Waals surface area contributed by atoms with Crippen LogP contribution in [0.2, 0.25) is 0 Å². The Hall–Kier alpha value is -3.74. The van der Waals surface area contributed by atoms with Gasteiger partial charge in [-0.05, 0) is 47.2 Å². The summed E-state index contributed by atoms with van der Waals surface area (Å²) in [6.07, 6.45) is 0. The highest BCUT2D eigenvalue weighted by Gasteiger charge is 2.30. The number of carbonyl (C=O) groups excluding carboxylic acids is 2. The van der Waals surface area contributed by atoms with Gasteiger partial charge in [0.05, 0.1) is 22.1 Å². The van der Waals surface area contributed by atoms with Crippen LogP contribution in [0.5, 0.6) is 0 Å².